The van der Waals surface area contributed by atoms with Crippen molar-refractivity contribution in [2.24, 2.45) is 0 Å². The van der Waals surface area contributed by atoms with Crippen LogP contribution in [-0.2, 0) is 6.54 Å². The molecule has 6 heteroatoms. The van der Waals surface area contributed by atoms with Crippen LogP contribution in [0.3, 0.4) is 0 Å². The average molecular weight is 352 g/mol. The van der Waals surface area contributed by atoms with E-state index in [9.17, 15) is 9.59 Å². The van der Waals surface area contributed by atoms with Gasteiger partial charge in [-0.1, -0.05) is 19.3 Å². The van der Waals surface area contributed by atoms with Gasteiger partial charge in [0.1, 0.15) is 0 Å². The number of nitrogens with zero attached hydrogens (tertiary/aromatic N) is 3. The summed E-state index contributed by atoms with van der Waals surface area (Å²) in [7, 11) is 0. The summed E-state index contributed by atoms with van der Waals surface area (Å²) in [6.45, 7) is 1.54. The molecule has 0 saturated heterocycles. The van der Waals surface area contributed by atoms with Crippen LogP contribution in [0.1, 0.15) is 65.9 Å². The lowest BCUT2D eigenvalue weighted by atomic mass is 9.94. The predicted octanol–water partition coefficient (Wildman–Crippen LogP) is 2.72. The SMILES string of the molecule is O=C(NC1CC1)c1ccc2c(c1)nc1n2CCN(C2CCCCC2)C1=O. The third-order valence-electron chi connectivity index (χ3n) is 5.96. The zero-order valence-corrected chi connectivity index (χ0v) is 14.9. The molecule has 26 heavy (non-hydrogen) atoms. The van der Waals surface area contributed by atoms with Gasteiger partial charge in [-0.05, 0) is 43.9 Å². The molecular formula is C20H24N4O2. The zero-order valence-electron chi connectivity index (χ0n) is 14.9. The van der Waals surface area contributed by atoms with Gasteiger partial charge in [-0.3, -0.25) is 9.59 Å². The number of carbonyl (C=O) groups excluding carboxylic acids is 2. The normalized spacial score (nSPS) is 21.1. The summed E-state index contributed by atoms with van der Waals surface area (Å²) in [4.78, 5) is 31.9. The summed E-state index contributed by atoms with van der Waals surface area (Å²) < 4.78 is 2.01. The van der Waals surface area contributed by atoms with Crippen LogP contribution in [0.5, 0.6) is 0 Å². The topological polar surface area (TPSA) is 67.2 Å². The van der Waals surface area contributed by atoms with Crippen molar-refractivity contribution in [2.45, 2.75) is 63.6 Å². The molecule has 136 valence electrons. The van der Waals surface area contributed by atoms with E-state index in [0.717, 1.165) is 49.8 Å². The van der Waals surface area contributed by atoms with E-state index in [4.69, 9.17) is 0 Å². The van der Waals surface area contributed by atoms with Gasteiger partial charge in [0.25, 0.3) is 11.8 Å². The van der Waals surface area contributed by atoms with Crippen molar-refractivity contribution in [1.82, 2.24) is 19.8 Å². The number of aromatic nitrogens is 2. The van der Waals surface area contributed by atoms with Gasteiger partial charge in [-0.15, -0.1) is 0 Å². The van der Waals surface area contributed by atoms with Gasteiger partial charge in [0.15, 0.2) is 5.82 Å². The quantitative estimate of drug-likeness (QED) is 0.923. The van der Waals surface area contributed by atoms with Crippen molar-refractivity contribution in [3.8, 4) is 0 Å². The van der Waals surface area contributed by atoms with E-state index >= 15 is 0 Å². The monoisotopic (exact) mass is 352 g/mol. The molecule has 1 aliphatic heterocycles. The Labute approximate surface area is 152 Å². The fourth-order valence-corrected chi connectivity index (χ4v) is 4.34. The van der Waals surface area contributed by atoms with Gasteiger partial charge < -0.3 is 14.8 Å². The third kappa shape index (κ3) is 2.68. The number of fused-ring (bicyclic) bond motifs is 3. The molecule has 0 spiro atoms. The van der Waals surface area contributed by atoms with Crippen molar-refractivity contribution in [1.29, 1.82) is 0 Å². The van der Waals surface area contributed by atoms with Gasteiger partial charge >= 0.3 is 0 Å². The Bertz CT molecular complexity index is 877. The van der Waals surface area contributed by atoms with E-state index in [1.54, 1.807) is 0 Å². The highest BCUT2D eigenvalue weighted by molar-refractivity contribution is 6.00. The Hall–Kier alpha value is -2.37. The number of imidazole rings is 1. The molecule has 3 aliphatic rings. The van der Waals surface area contributed by atoms with Crippen molar-refractivity contribution in [3.63, 3.8) is 0 Å². The zero-order chi connectivity index (χ0) is 17.7. The molecule has 0 bridgehead atoms. The van der Waals surface area contributed by atoms with Crippen LogP contribution in [0, 0.1) is 0 Å². The first kappa shape index (κ1) is 15.9. The van der Waals surface area contributed by atoms with E-state index in [-0.39, 0.29) is 11.8 Å². The van der Waals surface area contributed by atoms with Gasteiger partial charge in [0.05, 0.1) is 11.0 Å². The minimum Gasteiger partial charge on any atom is -0.349 e. The number of hydrogen-bond donors (Lipinski definition) is 1. The Morgan fingerprint density at radius 3 is 2.65 bits per heavy atom. The van der Waals surface area contributed by atoms with Gasteiger partial charge in [0, 0.05) is 30.7 Å². The highest BCUT2D eigenvalue weighted by Crippen LogP contribution is 2.28. The van der Waals surface area contributed by atoms with Crippen LogP contribution in [0.2, 0.25) is 0 Å². The van der Waals surface area contributed by atoms with Crippen LogP contribution in [0.15, 0.2) is 18.2 Å². The average Bonchev–Trinajstić information content (AvgIpc) is 3.40. The largest absolute Gasteiger partial charge is 0.349 e. The Morgan fingerprint density at radius 1 is 1.08 bits per heavy atom. The molecule has 0 atom stereocenters. The van der Waals surface area contributed by atoms with E-state index in [2.05, 4.69) is 10.3 Å². The Morgan fingerprint density at radius 2 is 1.88 bits per heavy atom. The molecule has 5 rings (SSSR count). The first-order chi connectivity index (χ1) is 12.7. The van der Waals surface area contributed by atoms with Gasteiger partial charge in [-0.25, -0.2) is 4.98 Å². The maximum Gasteiger partial charge on any atom is 0.290 e. The van der Waals surface area contributed by atoms with Crippen molar-refractivity contribution in [2.75, 3.05) is 6.54 Å². The summed E-state index contributed by atoms with van der Waals surface area (Å²) in [5, 5.41) is 3.01. The lowest BCUT2D eigenvalue weighted by Gasteiger charge is -2.36. The van der Waals surface area contributed by atoms with E-state index in [1.807, 2.05) is 27.7 Å². The predicted molar refractivity (Wildman–Crippen MR) is 98.1 cm³/mol. The lowest BCUT2D eigenvalue weighted by molar-refractivity contribution is 0.0566. The third-order valence-corrected chi connectivity index (χ3v) is 5.96. The second-order valence-electron chi connectivity index (χ2n) is 7.83. The smallest absolute Gasteiger partial charge is 0.290 e. The van der Waals surface area contributed by atoms with Crippen molar-refractivity contribution < 1.29 is 9.59 Å². The molecule has 0 unspecified atom stereocenters. The minimum absolute atomic E-state index is 0.0448. The van der Waals surface area contributed by atoms with Crippen molar-refractivity contribution in [3.05, 3.63) is 29.6 Å². The molecular weight excluding hydrogens is 328 g/mol. The summed E-state index contributed by atoms with van der Waals surface area (Å²) in [5.41, 5.74) is 2.30. The van der Waals surface area contributed by atoms with Crippen LogP contribution in [0.4, 0.5) is 0 Å². The van der Waals surface area contributed by atoms with Crippen LogP contribution < -0.4 is 5.32 Å². The molecule has 2 fully saturated rings. The van der Waals surface area contributed by atoms with E-state index in [0.29, 0.717) is 23.5 Å². The molecule has 0 radical (unpaired) electrons. The molecule has 1 aromatic heterocycles. The number of rotatable bonds is 3. The number of hydrogen-bond acceptors (Lipinski definition) is 3. The maximum absolute atomic E-state index is 13.0. The fraction of sp³-hybridized carbons (Fsp3) is 0.550. The van der Waals surface area contributed by atoms with Gasteiger partial charge in [0.2, 0.25) is 0 Å². The van der Waals surface area contributed by atoms with E-state index < -0.39 is 0 Å². The van der Waals surface area contributed by atoms with Crippen molar-refractivity contribution >= 4 is 22.8 Å². The number of nitrogens with one attached hydrogen (secondary N) is 1. The second kappa shape index (κ2) is 6.11. The van der Waals surface area contributed by atoms with Crippen LogP contribution in [-0.4, -0.2) is 44.9 Å². The number of amides is 2. The first-order valence-corrected chi connectivity index (χ1v) is 9.83. The summed E-state index contributed by atoms with van der Waals surface area (Å²) in [6, 6.07) is 6.28. The standard InChI is InChI=1S/C20H24N4O2/c25-19(21-14-7-8-14)13-6-9-17-16(12-13)22-18-20(26)23(10-11-24(17)18)15-4-2-1-3-5-15/h6,9,12,14-15H,1-5,7-8,10-11H2,(H,21,25). The number of benzene rings is 1. The highest BCUT2D eigenvalue weighted by atomic mass is 16.2. The molecule has 2 heterocycles. The maximum atomic E-state index is 13.0. The minimum atomic E-state index is -0.0458. The van der Waals surface area contributed by atoms with Crippen LogP contribution in [0.25, 0.3) is 11.0 Å². The fourth-order valence-electron chi connectivity index (χ4n) is 4.34. The molecule has 2 saturated carbocycles. The highest BCUT2D eigenvalue weighted by Gasteiger charge is 2.33. The molecule has 6 nitrogen and oxygen atoms in total. The second-order valence-corrected chi connectivity index (χ2v) is 7.83. The molecule has 2 amide bonds. The first-order valence-electron chi connectivity index (χ1n) is 9.83. The molecule has 2 aromatic rings. The van der Waals surface area contributed by atoms with Crippen LogP contribution >= 0.6 is 0 Å². The summed E-state index contributed by atoms with van der Waals surface area (Å²) >= 11 is 0. The lowest BCUT2D eigenvalue weighted by Crippen LogP contribution is -2.47. The molecule has 1 aromatic carbocycles. The Kier molecular flexibility index (Phi) is 3.72. The summed E-state index contributed by atoms with van der Waals surface area (Å²) in [5.74, 6) is 0.524. The Balaban J connectivity index is 1.45. The number of carbonyl (C=O) groups is 2. The van der Waals surface area contributed by atoms with E-state index in [1.165, 1.54) is 19.3 Å². The molecule has 2 aliphatic carbocycles. The summed E-state index contributed by atoms with van der Waals surface area (Å²) in [6.07, 6.45) is 8.06. The molecule has 1 N–H and O–H groups in total. The van der Waals surface area contributed by atoms with Gasteiger partial charge in [-0.2, -0.15) is 0 Å².